The van der Waals surface area contributed by atoms with Crippen LogP contribution in [0.25, 0.3) is 6.08 Å². The van der Waals surface area contributed by atoms with E-state index in [1.807, 2.05) is 0 Å². The van der Waals surface area contributed by atoms with Gasteiger partial charge in [-0.05, 0) is 6.07 Å². The minimum Gasteiger partial charge on any atom is -0.258 e. The van der Waals surface area contributed by atoms with Crippen molar-refractivity contribution in [3.8, 4) is 0 Å². The Morgan fingerprint density at radius 1 is 1.27 bits per heavy atom. The van der Waals surface area contributed by atoms with Crippen LogP contribution in [0.4, 0.5) is 5.69 Å². The summed E-state index contributed by atoms with van der Waals surface area (Å²) in [6.45, 7) is 0. The van der Waals surface area contributed by atoms with Crippen molar-refractivity contribution in [2.75, 3.05) is 0 Å². The Morgan fingerprint density at radius 2 is 1.87 bits per heavy atom. The molecule has 0 fully saturated rings. The lowest BCUT2D eigenvalue weighted by atomic mass is 10.2. The SMILES string of the molecule is O=[N+]([O-])/C(Br)=C\c1ccccc1[N+](=O)[O-]. The lowest BCUT2D eigenvalue weighted by Gasteiger charge is -1.95. The van der Waals surface area contributed by atoms with E-state index in [1.165, 1.54) is 18.2 Å². The van der Waals surface area contributed by atoms with Gasteiger partial charge in [-0.1, -0.05) is 12.1 Å². The zero-order valence-corrected chi connectivity index (χ0v) is 8.88. The highest BCUT2D eigenvalue weighted by molar-refractivity contribution is 9.11. The minimum atomic E-state index is -0.670. The third-order valence-corrected chi connectivity index (χ3v) is 2.10. The number of para-hydroxylation sites is 1. The average molecular weight is 273 g/mol. The minimum absolute atomic E-state index is 0.170. The van der Waals surface area contributed by atoms with Gasteiger partial charge in [0.2, 0.25) is 0 Å². The molecule has 6 nitrogen and oxygen atoms in total. The summed E-state index contributed by atoms with van der Waals surface area (Å²) < 4.78 is -0.322. The van der Waals surface area contributed by atoms with Crippen LogP contribution in [0.15, 0.2) is 28.9 Å². The summed E-state index contributed by atoms with van der Waals surface area (Å²) in [6, 6.07) is 5.78. The number of nitro groups is 2. The Bertz CT molecular complexity index is 444. The van der Waals surface area contributed by atoms with Gasteiger partial charge in [0.1, 0.15) is 0 Å². The van der Waals surface area contributed by atoms with Gasteiger partial charge in [-0.2, -0.15) is 0 Å². The molecule has 0 atom stereocenters. The fourth-order valence-electron chi connectivity index (χ4n) is 0.957. The second-order valence-corrected chi connectivity index (χ2v) is 3.35. The zero-order valence-electron chi connectivity index (χ0n) is 7.29. The van der Waals surface area contributed by atoms with Crippen LogP contribution in [0.2, 0.25) is 0 Å². The molecule has 0 radical (unpaired) electrons. The van der Waals surface area contributed by atoms with Crippen molar-refractivity contribution in [1.82, 2.24) is 0 Å². The summed E-state index contributed by atoms with van der Waals surface area (Å²) in [7, 11) is 0. The predicted molar refractivity (Wildman–Crippen MR) is 57.0 cm³/mol. The summed E-state index contributed by atoms with van der Waals surface area (Å²) in [5.74, 6) is 0. The highest BCUT2D eigenvalue weighted by Crippen LogP contribution is 2.22. The Balaban J connectivity index is 3.20. The summed E-state index contributed by atoms with van der Waals surface area (Å²) >= 11 is 2.70. The molecule has 0 N–H and O–H groups in total. The lowest BCUT2D eigenvalue weighted by Crippen LogP contribution is -1.94. The van der Waals surface area contributed by atoms with Crippen molar-refractivity contribution in [2.24, 2.45) is 0 Å². The van der Waals surface area contributed by atoms with Crippen LogP contribution >= 0.6 is 15.9 Å². The normalized spacial score (nSPS) is 11.1. The monoisotopic (exact) mass is 272 g/mol. The van der Waals surface area contributed by atoms with Crippen LogP contribution in [0.1, 0.15) is 5.56 Å². The molecule has 0 aliphatic rings. The molecule has 0 aliphatic heterocycles. The molecule has 0 unspecified atom stereocenters. The van der Waals surface area contributed by atoms with Crippen molar-refractivity contribution in [1.29, 1.82) is 0 Å². The number of rotatable bonds is 3. The van der Waals surface area contributed by atoms with E-state index in [4.69, 9.17) is 0 Å². The first kappa shape index (κ1) is 11.3. The molecule has 0 aliphatic carbocycles. The molecule has 0 spiro atoms. The van der Waals surface area contributed by atoms with Crippen LogP contribution in [0, 0.1) is 20.2 Å². The van der Waals surface area contributed by atoms with E-state index in [0.29, 0.717) is 0 Å². The van der Waals surface area contributed by atoms with E-state index >= 15 is 0 Å². The van der Waals surface area contributed by atoms with Gasteiger partial charge in [-0.3, -0.25) is 20.2 Å². The van der Waals surface area contributed by atoms with Gasteiger partial charge in [-0.15, -0.1) is 0 Å². The van der Waals surface area contributed by atoms with Crippen molar-refractivity contribution >= 4 is 27.7 Å². The molecule has 0 saturated heterocycles. The number of nitrogens with zero attached hydrogens (tertiary/aromatic N) is 2. The molecule has 15 heavy (non-hydrogen) atoms. The smallest absolute Gasteiger partial charge is 0.258 e. The van der Waals surface area contributed by atoms with Crippen molar-refractivity contribution in [3.05, 3.63) is 54.7 Å². The van der Waals surface area contributed by atoms with Crippen molar-refractivity contribution in [3.63, 3.8) is 0 Å². The number of benzene rings is 1. The van der Waals surface area contributed by atoms with Crippen LogP contribution < -0.4 is 0 Å². The van der Waals surface area contributed by atoms with Gasteiger partial charge >= 0.3 is 4.61 Å². The Hall–Kier alpha value is -1.76. The molecule has 0 heterocycles. The maximum Gasteiger partial charge on any atom is 0.311 e. The first-order valence-corrected chi connectivity index (χ1v) is 4.56. The second kappa shape index (κ2) is 4.65. The molecular weight excluding hydrogens is 268 g/mol. The quantitative estimate of drug-likeness (QED) is 0.481. The maximum atomic E-state index is 10.6. The first-order valence-electron chi connectivity index (χ1n) is 3.77. The third kappa shape index (κ3) is 2.84. The number of hydrogen-bond acceptors (Lipinski definition) is 4. The number of halogens is 1. The van der Waals surface area contributed by atoms with Crippen molar-refractivity contribution < 1.29 is 9.85 Å². The van der Waals surface area contributed by atoms with Crippen LogP contribution in [0.5, 0.6) is 0 Å². The Kier molecular flexibility index (Phi) is 3.51. The summed E-state index contributed by atoms with van der Waals surface area (Å²) in [5.41, 5.74) is 0.0161. The fraction of sp³-hybridized carbons (Fsp3) is 0. The van der Waals surface area contributed by atoms with Gasteiger partial charge in [0.25, 0.3) is 5.69 Å². The van der Waals surface area contributed by atoms with Gasteiger partial charge in [-0.25, -0.2) is 0 Å². The van der Waals surface area contributed by atoms with Crippen LogP contribution in [-0.4, -0.2) is 9.85 Å². The Labute approximate surface area is 92.6 Å². The third-order valence-electron chi connectivity index (χ3n) is 1.58. The van der Waals surface area contributed by atoms with E-state index in [2.05, 4.69) is 15.9 Å². The maximum absolute atomic E-state index is 10.6. The topological polar surface area (TPSA) is 86.3 Å². The van der Waals surface area contributed by atoms with Gasteiger partial charge in [0, 0.05) is 28.1 Å². The highest BCUT2D eigenvalue weighted by atomic mass is 79.9. The Morgan fingerprint density at radius 3 is 2.40 bits per heavy atom. The lowest BCUT2D eigenvalue weighted by molar-refractivity contribution is -0.407. The largest absolute Gasteiger partial charge is 0.311 e. The molecule has 7 heteroatoms. The van der Waals surface area contributed by atoms with Gasteiger partial charge < -0.3 is 0 Å². The van der Waals surface area contributed by atoms with E-state index in [1.54, 1.807) is 6.07 Å². The molecular formula is C8H5BrN2O4. The summed E-state index contributed by atoms with van der Waals surface area (Å²) in [5, 5.41) is 20.9. The van der Waals surface area contributed by atoms with E-state index in [-0.39, 0.29) is 15.9 Å². The standard InChI is InChI=1S/C8H5BrN2O4/c9-8(11(14)15)5-6-3-1-2-4-7(6)10(12)13/h1-5H/b8-5-. The predicted octanol–water partition coefficient (Wildman–Crippen LogP) is 2.56. The molecule has 0 aromatic heterocycles. The van der Waals surface area contributed by atoms with Crippen LogP contribution in [-0.2, 0) is 0 Å². The number of nitro benzene ring substituents is 1. The average Bonchev–Trinajstić information content (AvgIpc) is 2.18. The summed E-state index contributed by atoms with van der Waals surface area (Å²) in [6.07, 6.45) is 1.10. The molecule has 0 saturated carbocycles. The fourth-order valence-corrected chi connectivity index (χ4v) is 1.20. The molecule has 0 amide bonds. The van der Waals surface area contributed by atoms with Gasteiger partial charge in [0.15, 0.2) is 0 Å². The molecule has 78 valence electrons. The molecule has 0 bridgehead atoms. The zero-order chi connectivity index (χ0) is 11.4. The van der Waals surface area contributed by atoms with E-state index in [9.17, 15) is 20.2 Å². The number of hydrogen-bond donors (Lipinski definition) is 0. The van der Waals surface area contributed by atoms with E-state index < -0.39 is 9.85 Å². The van der Waals surface area contributed by atoms with Gasteiger partial charge in [0.05, 0.1) is 15.4 Å². The molecule has 1 aromatic rings. The van der Waals surface area contributed by atoms with Crippen LogP contribution in [0.3, 0.4) is 0 Å². The second-order valence-electron chi connectivity index (χ2n) is 2.54. The first-order chi connectivity index (χ1) is 7.02. The van der Waals surface area contributed by atoms with E-state index in [0.717, 1.165) is 6.08 Å². The highest BCUT2D eigenvalue weighted by Gasteiger charge is 2.13. The molecule has 1 aromatic carbocycles. The molecule has 1 rings (SSSR count). The summed E-state index contributed by atoms with van der Waals surface area (Å²) in [4.78, 5) is 19.6. The van der Waals surface area contributed by atoms with Crippen molar-refractivity contribution in [2.45, 2.75) is 0 Å².